The summed E-state index contributed by atoms with van der Waals surface area (Å²) in [5.41, 5.74) is 5.13. The van der Waals surface area contributed by atoms with Gasteiger partial charge in [-0.05, 0) is 42.7 Å². The monoisotopic (exact) mass is 548 g/mol. The van der Waals surface area contributed by atoms with Crippen LogP contribution in [0.2, 0.25) is 0 Å². The highest BCUT2D eigenvalue weighted by atomic mass is 19.1. The van der Waals surface area contributed by atoms with Crippen molar-refractivity contribution in [3.63, 3.8) is 0 Å². The molecule has 3 fully saturated rings. The summed E-state index contributed by atoms with van der Waals surface area (Å²) in [6, 6.07) is 14.4. The van der Waals surface area contributed by atoms with Gasteiger partial charge in [-0.1, -0.05) is 37.1 Å². The Labute approximate surface area is 234 Å². The number of carbonyl (C=O) groups excluding carboxylic acids is 2. The van der Waals surface area contributed by atoms with Gasteiger partial charge in [0.05, 0.1) is 18.7 Å². The Kier molecular flexibility index (Phi) is 7.49. The molecule has 1 N–H and O–H groups in total. The number of carbonyl (C=O) groups is 2. The molecule has 4 aliphatic rings. The number of halogens is 1. The van der Waals surface area contributed by atoms with Crippen molar-refractivity contribution in [1.29, 1.82) is 0 Å². The molecule has 1 saturated carbocycles. The summed E-state index contributed by atoms with van der Waals surface area (Å²) < 4.78 is 19.0. The first-order chi connectivity index (χ1) is 19.5. The highest BCUT2D eigenvalue weighted by molar-refractivity contribution is 5.91. The quantitative estimate of drug-likeness (QED) is 0.572. The summed E-state index contributed by atoms with van der Waals surface area (Å²) in [4.78, 5) is 35.1. The molecule has 0 radical (unpaired) electrons. The fraction of sp³-hybridized carbons (Fsp3) is 0.500. The van der Waals surface area contributed by atoms with Crippen LogP contribution in [0.15, 0.2) is 53.6 Å². The third-order valence-electron chi connectivity index (χ3n) is 8.74. The number of nitrogens with one attached hydrogen (secondary N) is 1. The number of hydrazone groups is 1. The smallest absolute Gasteiger partial charge is 0.231 e. The lowest BCUT2D eigenvalue weighted by molar-refractivity contribution is -0.156. The average Bonchev–Trinajstić information content (AvgIpc) is 3.43. The number of amidine groups is 1. The highest BCUT2D eigenvalue weighted by Gasteiger charge is 2.50. The SMILES string of the molecule is COc1ccccc1N1CCN(C(=O)CCC2=NNC3N(Cc4ccc(F)cc4)C(=O)C4CCCCC4N23)CC1. The molecule has 2 aromatic carbocycles. The molecule has 9 nitrogen and oxygen atoms in total. The lowest BCUT2D eigenvalue weighted by Gasteiger charge is -2.50. The highest BCUT2D eigenvalue weighted by Crippen LogP contribution is 2.38. The summed E-state index contributed by atoms with van der Waals surface area (Å²) in [5, 5.41) is 4.65. The molecular weight excluding hydrogens is 511 g/mol. The molecule has 212 valence electrons. The van der Waals surface area contributed by atoms with Gasteiger partial charge in [-0.2, -0.15) is 5.10 Å². The second-order valence-corrected chi connectivity index (χ2v) is 11.0. The predicted molar refractivity (Wildman–Crippen MR) is 150 cm³/mol. The van der Waals surface area contributed by atoms with Crippen molar-refractivity contribution in [3.05, 3.63) is 59.9 Å². The number of benzene rings is 2. The van der Waals surface area contributed by atoms with E-state index in [1.165, 1.54) is 12.1 Å². The van der Waals surface area contributed by atoms with Gasteiger partial charge < -0.3 is 19.4 Å². The number of amides is 2. The minimum absolute atomic E-state index is 0.0870. The van der Waals surface area contributed by atoms with Crippen LogP contribution in [0.5, 0.6) is 5.75 Å². The van der Waals surface area contributed by atoms with Gasteiger partial charge >= 0.3 is 0 Å². The third kappa shape index (κ3) is 5.07. The molecule has 3 aliphatic heterocycles. The van der Waals surface area contributed by atoms with E-state index in [0.29, 0.717) is 32.5 Å². The van der Waals surface area contributed by atoms with Crippen LogP contribution < -0.4 is 15.1 Å². The molecule has 3 heterocycles. The standard InChI is InChI=1S/C30H37FN6O3/c1-40-26-9-5-4-8-25(26)34-16-18-35(19-17-34)28(38)15-14-27-32-33-30-36(20-21-10-12-22(31)13-11-21)29(39)23-6-2-3-7-24(23)37(27)30/h4-5,8-13,23-24,30,33H,2-3,6-7,14-20H2,1H3. The Hall–Kier alpha value is -3.82. The number of ether oxygens (including phenoxy) is 1. The average molecular weight is 549 g/mol. The number of piperazine rings is 1. The molecule has 0 spiro atoms. The summed E-state index contributed by atoms with van der Waals surface area (Å²) in [5.74, 6) is 1.57. The molecule has 3 unspecified atom stereocenters. The lowest BCUT2D eigenvalue weighted by atomic mass is 9.80. The maximum absolute atomic E-state index is 13.6. The summed E-state index contributed by atoms with van der Waals surface area (Å²) in [6.07, 6.45) is 4.43. The Morgan fingerprint density at radius 2 is 1.80 bits per heavy atom. The van der Waals surface area contributed by atoms with Crippen molar-refractivity contribution >= 4 is 23.3 Å². The van der Waals surface area contributed by atoms with Crippen molar-refractivity contribution in [2.24, 2.45) is 11.0 Å². The van der Waals surface area contributed by atoms with Gasteiger partial charge in [0.25, 0.3) is 0 Å². The van der Waals surface area contributed by atoms with Crippen LogP contribution in [-0.4, -0.2) is 78.0 Å². The molecule has 2 amide bonds. The number of nitrogens with zero attached hydrogens (tertiary/aromatic N) is 5. The number of fused-ring (bicyclic) bond motifs is 3. The second kappa shape index (κ2) is 11.3. The van der Waals surface area contributed by atoms with E-state index in [4.69, 9.17) is 4.74 Å². The van der Waals surface area contributed by atoms with Gasteiger partial charge in [-0.15, -0.1) is 0 Å². The predicted octanol–water partition coefficient (Wildman–Crippen LogP) is 3.37. The van der Waals surface area contributed by atoms with E-state index < -0.39 is 0 Å². The summed E-state index contributed by atoms with van der Waals surface area (Å²) >= 11 is 0. The molecular formula is C30H37FN6O3. The molecule has 0 aromatic heterocycles. The summed E-state index contributed by atoms with van der Waals surface area (Å²) in [6.45, 7) is 3.23. The second-order valence-electron chi connectivity index (χ2n) is 11.0. The first-order valence-corrected chi connectivity index (χ1v) is 14.3. The number of anilines is 1. The van der Waals surface area contributed by atoms with E-state index in [0.717, 1.165) is 61.6 Å². The maximum atomic E-state index is 13.6. The van der Waals surface area contributed by atoms with Crippen molar-refractivity contribution in [1.82, 2.24) is 20.1 Å². The topological polar surface area (TPSA) is 80.7 Å². The first kappa shape index (κ1) is 26.4. The van der Waals surface area contributed by atoms with Crippen molar-refractivity contribution in [3.8, 4) is 5.75 Å². The van der Waals surface area contributed by atoms with E-state index in [9.17, 15) is 14.0 Å². The van der Waals surface area contributed by atoms with Gasteiger partial charge in [-0.3, -0.25) is 19.9 Å². The Morgan fingerprint density at radius 1 is 1.05 bits per heavy atom. The molecule has 1 aliphatic carbocycles. The fourth-order valence-corrected chi connectivity index (χ4v) is 6.65. The van der Waals surface area contributed by atoms with E-state index in [2.05, 4.69) is 26.4 Å². The Balaban J connectivity index is 1.09. The van der Waals surface area contributed by atoms with Gasteiger partial charge in [0, 0.05) is 51.6 Å². The molecule has 40 heavy (non-hydrogen) atoms. The van der Waals surface area contributed by atoms with Gasteiger partial charge in [0.15, 0.2) is 6.29 Å². The van der Waals surface area contributed by atoms with Gasteiger partial charge in [0.1, 0.15) is 17.4 Å². The zero-order valence-electron chi connectivity index (χ0n) is 23.0. The van der Waals surface area contributed by atoms with E-state index in [-0.39, 0.29) is 35.9 Å². The third-order valence-corrected chi connectivity index (χ3v) is 8.74. The number of hydrogen-bond acceptors (Lipinski definition) is 7. The van der Waals surface area contributed by atoms with Crippen molar-refractivity contribution in [2.75, 3.05) is 38.2 Å². The zero-order chi connectivity index (χ0) is 27.6. The minimum Gasteiger partial charge on any atom is -0.495 e. The van der Waals surface area contributed by atoms with Crippen LogP contribution in [0.4, 0.5) is 10.1 Å². The van der Waals surface area contributed by atoms with E-state index >= 15 is 0 Å². The van der Waals surface area contributed by atoms with Crippen LogP contribution in [0, 0.1) is 11.7 Å². The molecule has 10 heteroatoms. The van der Waals surface area contributed by atoms with Crippen molar-refractivity contribution in [2.45, 2.75) is 57.4 Å². The van der Waals surface area contributed by atoms with Crippen molar-refractivity contribution < 1.29 is 18.7 Å². The van der Waals surface area contributed by atoms with Crippen LogP contribution in [0.25, 0.3) is 0 Å². The summed E-state index contributed by atoms with van der Waals surface area (Å²) in [7, 11) is 1.68. The normalized spacial score (nSPS) is 24.3. The van der Waals surface area contributed by atoms with Gasteiger partial charge in [0.2, 0.25) is 11.8 Å². The molecule has 2 aromatic rings. The minimum atomic E-state index is -0.383. The number of methoxy groups -OCH3 is 1. The maximum Gasteiger partial charge on any atom is 0.231 e. The Bertz CT molecular complexity index is 1260. The van der Waals surface area contributed by atoms with Crippen LogP contribution in [0.3, 0.4) is 0 Å². The lowest BCUT2D eigenvalue weighted by Crippen LogP contribution is -2.67. The number of hydrogen-bond donors (Lipinski definition) is 1. The molecule has 2 saturated heterocycles. The number of rotatable bonds is 7. The largest absolute Gasteiger partial charge is 0.495 e. The molecule has 0 bridgehead atoms. The zero-order valence-corrected chi connectivity index (χ0v) is 23.0. The molecule has 6 rings (SSSR count). The number of para-hydroxylation sites is 2. The van der Waals surface area contributed by atoms with Crippen LogP contribution in [-0.2, 0) is 16.1 Å². The first-order valence-electron chi connectivity index (χ1n) is 14.3. The van der Waals surface area contributed by atoms with E-state index in [1.54, 1.807) is 19.2 Å². The van der Waals surface area contributed by atoms with Crippen LogP contribution >= 0.6 is 0 Å². The fourth-order valence-electron chi connectivity index (χ4n) is 6.65. The van der Waals surface area contributed by atoms with E-state index in [1.807, 2.05) is 28.0 Å². The van der Waals surface area contributed by atoms with Crippen LogP contribution in [0.1, 0.15) is 44.1 Å². The molecule has 3 atom stereocenters. The Morgan fingerprint density at radius 3 is 2.58 bits per heavy atom. The van der Waals surface area contributed by atoms with Gasteiger partial charge in [-0.25, -0.2) is 4.39 Å².